The first-order valence-electron chi connectivity index (χ1n) is 5.19. The third-order valence-electron chi connectivity index (χ3n) is 4.24. The van der Waals surface area contributed by atoms with Gasteiger partial charge in [0.1, 0.15) is 0 Å². The number of carbonyl (C=O) groups is 1. The predicted octanol–water partition coefficient (Wildman–Crippen LogP) is 1.69. The van der Waals surface area contributed by atoms with E-state index in [0.29, 0.717) is 11.8 Å². The SMILES string of the molecule is C=COC12CC3CC1C(C(=O)O2)C3C. The zero-order chi connectivity index (χ0) is 9.92. The van der Waals surface area contributed by atoms with E-state index in [-0.39, 0.29) is 17.8 Å². The van der Waals surface area contributed by atoms with Crippen molar-refractivity contribution in [2.45, 2.75) is 25.6 Å². The first-order valence-corrected chi connectivity index (χ1v) is 5.19. The van der Waals surface area contributed by atoms with Crippen LogP contribution in [0.3, 0.4) is 0 Å². The Balaban J connectivity index is 2.00. The fourth-order valence-electron chi connectivity index (χ4n) is 3.62. The fourth-order valence-corrected chi connectivity index (χ4v) is 3.62. The Kier molecular flexibility index (Phi) is 1.38. The van der Waals surface area contributed by atoms with Crippen LogP contribution < -0.4 is 0 Å². The van der Waals surface area contributed by atoms with E-state index < -0.39 is 5.79 Å². The molecule has 5 unspecified atom stereocenters. The highest BCUT2D eigenvalue weighted by molar-refractivity contribution is 5.77. The molecule has 3 nitrogen and oxygen atoms in total. The van der Waals surface area contributed by atoms with Crippen molar-refractivity contribution in [2.75, 3.05) is 0 Å². The number of ether oxygens (including phenoxy) is 2. The average molecular weight is 194 g/mol. The van der Waals surface area contributed by atoms with Crippen molar-refractivity contribution in [3.8, 4) is 0 Å². The van der Waals surface area contributed by atoms with Crippen LogP contribution in [0, 0.1) is 23.7 Å². The van der Waals surface area contributed by atoms with Gasteiger partial charge in [0, 0.05) is 6.42 Å². The molecule has 2 aliphatic carbocycles. The molecule has 0 N–H and O–H groups in total. The second-order valence-corrected chi connectivity index (χ2v) is 4.71. The Morgan fingerprint density at radius 1 is 1.71 bits per heavy atom. The van der Waals surface area contributed by atoms with Crippen LogP contribution >= 0.6 is 0 Å². The standard InChI is InChI=1S/C11H14O3/c1-3-13-11-5-7-4-8(11)9(6(7)2)10(12)14-11/h3,6-9H,1,4-5H2,2H3. The normalized spacial score (nSPS) is 53.4. The van der Waals surface area contributed by atoms with Crippen LogP contribution in [0.2, 0.25) is 0 Å². The summed E-state index contributed by atoms with van der Waals surface area (Å²) in [5.41, 5.74) is 0. The molecular formula is C11H14O3. The summed E-state index contributed by atoms with van der Waals surface area (Å²) in [5, 5.41) is 0. The molecule has 0 radical (unpaired) electrons. The first-order chi connectivity index (χ1) is 6.68. The van der Waals surface area contributed by atoms with Crippen molar-refractivity contribution in [3.05, 3.63) is 12.8 Å². The number of hydrogen-bond donors (Lipinski definition) is 0. The maximum Gasteiger partial charge on any atom is 0.313 e. The van der Waals surface area contributed by atoms with E-state index in [4.69, 9.17) is 9.47 Å². The topological polar surface area (TPSA) is 35.5 Å². The molecule has 0 aromatic heterocycles. The van der Waals surface area contributed by atoms with Crippen molar-refractivity contribution < 1.29 is 14.3 Å². The summed E-state index contributed by atoms with van der Waals surface area (Å²) < 4.78 is 10.9. The third kappa shape index (κ3) is 0.725. The molecule has 1 aliphatic heterocycles. The van der Waals surface area contributed by atoms with E-state index >= 15 is 0 Å². The smallest absolute Gasteiger partial charge is 0.313 e. The lowest BCUT2D eigenvalue weighted by Crippen LogP contribution is -2.37. The van der Waals surface area contributed by atoms with E-state index in [9.17, 15) is 4.79 Å². The zero-order valence-electron chi connectivity index (χ0n) is 8.23. The van der Waals surface area contributed by atoms with Gasteiger partial charge < -0.3 is 9.47 Å². The average Bonchev–Trinajstić information content (AvgIpc) is 2.64. The molecule has 3 rings (SSSR count). The third-order valence-corrected chi connectivity index (χ3v) is 4.24. The van der Waals surface area contributed by atoms with Crippen LogP contribution in [-0.4, -0.2) is 11.8 Å². The number of hydrogen-bond acceptors (Lipinski definition) is 3. The minimum atomic E-state index is -0.638. The lowest BCUT2D eigenvalue weighted by molar-refractivity contribution is -0.199. The highest BCUT2D eigenvalue weighted by Crippen LogP contribution is 2.63. The number of carbonyl (C=O) groups excluding carboxylic acids is 1. The molecule has 3 aliphatic rings. The van der Waals surface area contributed by atoms with Gasteiger partial charge in [0.15, 0.2) is 0 Å². The maximum atomic E-state index is 11.6. The summed E-state index contributed by atoms with van der Waals surface area (Å²) in [6, 6.07) is 0. The molecule has 1 heterocycles. The van der Waals surface area contributed by atoms with Gasteiger partial charge in [0.05, 0.1) is 18.1 Å². The van der Waals surface area contributed by atoms with E-state index in [0.717, 1.165) is 12.8 Å². The van der Waals surface area contributed by atoms with Gasteiger partial charge in [-0.15, -0.1) is 0 Å². The largest absolute Gasteiger partial charge is 0.460 e. The van der Waals surface area contributed by atoms with E-state index in [1.54, 1.807) is 0 Å². The Bertz CT molecular complexity index is 312. The number of esters is 1. The lowest BCUT2D eigenvalue weighted by atomic mass is 9.79. The molecule has 0 aromatic rings. The molecule has 14 heavy (non-hydrogen) atoms. The van der Waals surface area contributed by atoms with E-state index in [1.807, 2.05) is 0 Å². The minimum absolute atomic E-state index is 0.0654. The molecule has 0 amide bonds. The van der Waals surface area contributed by atoms with E-state index in [2.05, 4.69) is 13.5 Å². The summed E-state index contributed by atoms with van der Waals surface area (Å²) >= 11 is 0. The Hall–Kier alpha value is -0.990. The van der Waals surface area contributed by atoms with Gasteiger partial charge in [-0.3, -0.25) is 4.79 Å². The fraction of sp³-hybridized carbons (Fsp3) is 0.727. The Morgan fingerprint density at radius 2 is 2.50 bits per heavy atom. The number of rotatable bonds is 2. The van der Waals surface area contributed by atoms with Crippen LogP contribution in [-0.2, 0) is 14.3 Å². The maximum absolute atomic E-state index is 11.6. The van der Waals surface area contributed by atoms with Crippen LogP contribution in [0.4, 0.5) is 0 Å². The molecular weight excluding hydrogens is 180 g/mol. The van der Waals surface area contributed by atoms with Crippen LogP contribution in [0.1, 0.15) is 19.8 Å². The van der Waals surface area contributed by atoms with Crippen molar-refractivity contribution in [3.63, 3.8) is 0 Å². The monoisotopic (exact) mass is 194 g/mol. The molecule has 0 spiro atoms. The van der Waals surface area contributed by atoms with Gasteiger partial charge in [-0.25, -0.2) is 0 Å². The highest BCUT2D eigenvalue weighted by Gasteiger charge is 2.70. The van der Waals surface area contributed by atoms with E-state index in [1.165, 1.54) is 6.26 Å². The van der Waals surface area contributed by atoms with Gasteiger partial charge in [-0.2, -0.15) is 0 Å². The lowest BCUT2D eigenvalue weighted by Gasteiger charge is -2.31. The van der Waals surface area contributed by atoms with Crippen molar-refractivity contribution in [1.82, 2.24) is 0 Å². The van der Waals surface area contributed by atoms with Gasteiger partial charge in [0.2, 0.25) is 0 Å². The Labute approximate surface area is 83.1 Å². The quantitative estimate of drug-likeness (QED) is 0.495. The highest BCUT2D eigenvalue weighted by atomic mass is 16.7. The molecule has 5 atom stereocenters. The summed E-state index contributed by atoms with van der Waals surface area (Å²) in [4.78, 5) is 11.6. The van der Waals surface area contributed by atoms with Crippen LogP contribution in [0.25, 0.3) is 0 Å². The van der Waals surface area contributed by atoms with Crippen molar-refractivity contribution >= 4 is 5.97 Å². The predicted molar refractivity (Wildman–Crippen MR) is 49.0 cm³/mol. The summed E-state index contributed by atoms with van der Waals surface area (Å²) in [5.74, 6) is 0.708. The molecule has 2 bridgehead atoms. The zero-order valence-corrected chi connectivity index (χ0v) is 8.23. The first kappa shape index (κ1) is 8.33. The van der Waals surface area contributed by atoms with Crippen LogP contribution in [0.5, 0.6) is 0 Å². The van der Waals surface area contributed by atoms with Gasteiger partial charge in [0.25, 0.3) is 5.79 Å². The summed E-state index contributed by atoms with van der Waals surface area (Å²) in [7, 11) is 0. The Morgan fingerprint density at radius 3 is 3.14 bits per heavy atom. The van der Waals surface area contributed by atoms with Gasteiger partial charge in [-0.05, 0) is 18.3 Å². The molecule has 3 fully saturated rings. The van der Waals surface area contributed by atoms with Crippen molar-refractivity contribution in [1.29, 1.82) is 0 Å². The second-order valence-electron chi connectivity index (χ2n) is 4.71. The molecule has 76 valence electrons. The molecule has 3 heteroatoms. The second kappa shape index (κ2) is 2.33. The summed E-state index contributed by atoms with van der Waals surface area (Å²) in [6.07, 6.45) is 3.33. The number of fused-ring (bicyclic) bond motifs is 1. The summed E-state index contributed by atoms with van der Waals surface area (Å²) in [6.45, 7) is 5.70. The van der Waals surface area contributed by atoms with Crippen LogP contribution in [0.15, 0.2) is 12.8 Å². The van der Waals surface area contributed by atoms with Crippen molar-refractivity contribution in [2.24, 2.45) is 23.7 Å². The molecule has 0 aromatic carbocycles. The van der Waals surface area contributed by atoms with Gasteiger partial charge >= 0.3 is 5.97 Å². The van der Waals surface area contributed by atoms with Gasteiger partial charge in [-0.1, -0.05) is 13.5 Å². The minimum Gasteiger partial charge on any atom is -0.460 e. The molecule has 2 saturated carbocycles. The molecule has 1 saturated heterocycles.